The van der Waals surface area contributed by atoms with Crippen LogP contribution >= 0.6 is 11.8 Å². The Morgan fingerprint density at radius 3 is 2.28 bits per heavy atom. The molecule has 0 unspecified atom stereocenters. The van der Waals surface area contributed by atoms with E-state index in [9.17, 15) is 4.79 Å². The number of likely N-dealkylation sites (N-methyl/N-ethyl adjacent to an activating group) is 1. The molecule has 1 saturated heterocycles. The molecule has 1 fully saturated rings. The number of Topliss-reactive ketones (excluding diaryl/α,β-unsaturated/α-hetero) is 1. The summed E-state index contributed by atoms with van der Waals surface area (Å²) < 4.78 is 0. The Labute approximate surface area is 153 Å². The van der Waals surface area contributed by atoms with Crippen molar-refractivity contribution in [2.45, 2.75) is 0 Å². The van der Waals surface area contributed by atoms with Gasteiger partial charge in [-0.3, -0.25) is 4.79 Å². The summed E-state index contributed by atoms with van der Waals surface area (Å²) in [5.41, 5.74) is 1.69. The predicted molar refractivity (Wildman–Crippen MR) is 105 cm³/mol. The van der Waals surface area contributed by atoms with Crippen LogP contribution in [0.3, 0.4) is 0 Å². The lowest BCUT2D eigenvalue weighted by atomic mass is 10.2. The maximum atomic E-state index is 12.4. The Morgan fingerprint density at radius 2 is 1.64 bits per heavy atom. The number of rotatable bonds is 4. The van der Waals surface area contributed by atoms with E-state index < -0.39 is 0 Å². The highest BCUT2D eigenvalue weighted by atomic mass is 32.2. The third-order valence-corrected chi connectivity index (χ3v) is 5.31. The van der Waals surface area contributed by atoms with Crippen molar-refractivity contribution in [3.05, 3.63) is 66.2 Å². The Kier molecular flexibility index (Phi) is 6.25. The zero-order valence-corrected chi connectivity index (χ0v) is 15.3. The van der Waals surface area contributed by atoms with Crippen LogP contribution < -0.4 is 4.90 Å². The summed E-state index contributed by atoms with van der Waals surface area (Å²) in [5, 5.41) is 0.947. The number of hydrogen-bond acceptors (Lipinski definition) is 3. The maximum Gasteiger partial charge on any atom is 0.173 e. The van der Waals surface area contributed by atoms with Crippen LogP contribution in [0.2, 0.25) is 0 Å². The Hall–Kier alpha value is -2.11. The fourth-order valence-electron chi connectivity index (χ4n) is 2.72. The number of quaternary nitrogens is 1. The highest BCUT2D eigenvalue weighted by Crippen LogP contribution is 2.19. The number of thioether (sulfide) groups is 1. The van der Waals surface area contributed by atoms with E-state index in [1.807, 2.05) is 60.7 Å². The monoisotopic (exact) mass is 354 g/mol. The lowest BCUT2D eigenvalue weighted by Gasteiger charge is -2.32. The summed E-state index contributed by atoms with van der Waals surface area (Å²) in [6, 6.07) is 19.5. The summed E-state index contributed by atoms with van der Waals surface area (Å²) in [4.78, 5) is 21.1. The van der Waals surface area contributed by atoms with Crippen molar-refractivity contribution in [3.8, 4) is 0 Å². The Morgan fingerprint density at radius 1 is 1.04 bits per heavy atom. The largest absolute Gasteiger partial charge is 0.340 e. The zero-order chi connectivity index (χ0) is 17.5. The summed E-state index contributed by atoms with van der Waals surface area (Å²) in [7, 11) is 2.22. The Balaban J connectivity index is 1.72. The van der Waals surface area contributed by atoms with Crippen LogP contribution in [0.5, 0.6) is 0 Å². The van der Waals surface area contributed by atoms with Crippen LogP contribution in [0.15, 0.2) is 65.7 Å². The van der Waals surface area contributed by atoms with Crippen LogP contribution in [0.4, 0.5) is 5.69 Å². The fraction of sp³-hybridized carbons (Fsp3) is 0.300. The van der Waals surface area contributed by atoms with Crippen LogP contribution in [0.1, 0.15) is 10.4 Å². The highest BCUT2D eigenvalue weighted by molar-refractivity contribution is 8.14. The second kappa shape index (κ2) is 8.83. The molecule has 0 aromatic heterocycles. The minimum Gasteiger partial charge on any atom is -0.340 e. The molecule has 1 aliphatic rings. The van der Waals surface area contributed by atoms with E-state index in [1.54, 1.807) is 16.7 Å². The summed E-state index contributed by atoms with van der Waals surface area (Å²) in [6.07, 6.45) is 0. The lowest BCUT2D eigenvalue weighted by Crippen LogP contribution is -3.12. The predicted octanol–water partition coefficient (Wildman–Crippen LogP) is 2.12. The van der Waals surface area contributed by atoms with Gasteiger partial charge in [-0.25, -0.2) is 4.99 Å². The van der Waals surface area contributed by atoms with Crippen molar-refractivity contribution in [2.24, 2.45) is 4.99 Å². The molecule has 0 radical (unpaired) electrons. The van der Waals surface area contributed by atoms with E-state index in [0.29, 0.717) is 5.75 Å². The van der Waals surface area contributed by atoms with Gasteiger partial charge in [0.1, 0.15) is 0 Å². The van der Waals surface area contributed by atoms with Gasteiger partial charge in [0.15, 0.2) is 11.0 Å². The first kappa shape index (κ1) is 17.7. The number of benzene rings is 2. The third-order valence-electron chi connectivity index (χ3n) is 4.30. The number of nitrogens with one attached hydrogen (secondary N) is 1. The number of hydrogen-bond donors (Lipinski definition) is 1. The molecule has 0 bridgehead atoms. The molecule has 1 N–H and O–H groups in total. The maximum absolute atomic E-state index is 12.4. The highest BCUT2D eigenvalue weighted by Gasteiger charge is 2.21. The molecule has 2 aromatic rings. The molecule has 0 spiro atoms. The van der Waals surface area contributed by atoms with Gasteiger partial charge in [-0.2, -0.15) is 0 Å². The molecule has 0 atom stereocenters. The molecule has 2 aromatic carbocycles. The number of para-hydroxylation sites is 1. The van der Waals surface area contributed by atoms with Gasteiger partial charge in [-0.15, -0.1) is 0 Å². The van der Waals surface area contributed by atoms with Crippen LogP contribution in [-0.4, -0.2) is 54.8 Å². The van der Waals surface area contributed by atoms with Gasteiger partial charge >= 0.3 is 0 Å². The lowest BCUT2D eigenvalue weighted by molar-refractivity contribution is -0.883. The van der Waals surface area contributed by atoms with Gasteiger partial charge < -0.3 is 9.80 Å². The van der Waals surface area contributed by atoms with Crippen molar-refractivity contribution in [3.63, 3.8) is 0 Å². The van der Waals surface area contributed by atoms with E-state index >= 15 is 0 Å². The van der Waals surface area contributed by atoms with Gasteiger partial charge in [0.25, 0.3) is 0 Å². The molecule has 0 saturated carbocycles. The molecule has 0 amide bonds. The molecular weight excluding hydrogens is 330 g/mol. The number of piperazine rings is 1. The first-order chi connectivity index (χ1) is 12.2. The molecule has 5 heteroatoms. The summed E-state index contributed by atoms with van der Waals surface area (Å²) in [6.45, 7) is 4.15. The number of ketones is 1. The summed E-state index contributed by atoms with van der Waals surface area (Å²) >= 11 is 1.54. The van der Waals surface area contributed by atoms with E-state index in [1.165, 1.54) is 0 Å². The van der Waals surface area contributed by atoms with Crippen LogP contribution in [0.25, 0.3) is 0 Å². The third kappa shape index (κ3) is 5.18. The fourth-order valence-corrected chi connectivity index (χ4v) is 3.69. The molecule has 25 heavy (non-hydrogen) atoms. The zero-order valence-electron chi connectivity index (χ0n) is 14.5. The molecule has 3 rings (SSSR count). The van der Waals surface area contributed by atoms with E-state index in [0.717, 1.165) is 42.6 Å². The standard InChI is InChI=1S/C20H23N3OS/c1-22-12-14-23(15-13-22)20(21-18-10-6-3-7-11-18)25-16-19(24)17-8-4-2-5-9-17/h2-11H,12-16H2,1H3/p+1. The molecule has 1 heterocycles. The number of nitrogens with zero attached hydrogens (tertiary/aromatic N) is 2. The average molecular weight is 354 g/mol. The minimum atomic E-state index is 0.145. The molecule has 130 valence electrons. The molecule has 4 nitrogen and oxygen atoms in total. The van der Waals surface area contributed by atoms with E-state index in [4.69, 9.17) is 4.99 Å². The van der Waals surface area contributed by atoms with Crippen molar-refractivity contribution < 1.29 is 9.69 Å². The topological polar surface area (TPSA) is 37.1 Å². The van der Waals surface area contributed by atoms with Gasteiger partial charge in [0, 0.05) is 5.56 Å². The van der Waals surface area contributed by atoms with E-state index in [2.05, 4.69) is 11.9 Å². The molecule has 0 aliphatic carbocycles. The molecule has 1 aliphatic heterocycles. The smallest absolute Gasteiger partial charge is 0.173 e. The van der Waals surface area contributed by atoms with Crippen molar-refractivity contribution in [1.82, 2.24) is 4.90 Å². The SMILES string of the molecule is C[NH+]1CCN(C(=Nc2ccccc2)SCC(=O)c2ccccc2)CC1. The second-order valence-electron chi connectivity index (χ2n) is 6.25. The quantitative estimate of drug-likeness (QED) is 0.519. The van der Waals surface area contributed by atoms with Gasteiger partial charge in [0.2, 0.25) is 0 Å². The minimum absolute atomic E-state index is 0.145. The van der Waals surface area contributed by atoms with E-state index in [-0.39, 0.29) is 5.78 Å². The van der Waals surface area contributed by atoms with Crippen molar-refractivity contribution in [1.29, 1.82) is 0 Å². The van der Waals surface area contributed by atoms with Gasteiger partial charge in [0.05, 0.1) is 44.7 Å². The van der Waals surface area contributed by atoms with Gasteiger partial charge in [-0.1, -0.05) is 60.3 Å². The van der Waals surface area contributed by atoms with Crippen molar-refractivity contribution >= 4 is 28.4 Å². The van der Waals surface area contributed by atoms with Crippen LogP contribution in [0, 0.1) is 0 Å². The van der Waals surface area contributed by atoms with Crippen LogP contribution in [-0.2, 0) is 0 Å². The number of aliphatic imine (C=N–C) groups is 1. The first-order valence-corrected chi connectivity index (χ1v) is 9.62. The summed E-state index contributed by atoms with van der Waals surface area (Å²) in [5.74, 6) is 0.556. The number of carbonyl (C=O) groups is 1. The first-order valence-electron chi connectivity index (χ1n) is 8.63. The number of carbonyl (C=O) groups excluding carboxylic acids is 1. The molecular formula is C20H24N3OS+. The van der Waals surface area contributed by atoms with Gasteiger partial charge in [-0.05, 0) is 12.1 Å². The number of amidine groups is 1. The normalized spacial score (nSPS) is 16.0. The Bertz CT molecular complexity index is 710. The second-order valence-corrected chi connectivity index (χ2v) is 7.19. The van der Waals surface area contributed by atoms with Crippen molar-refractivity contribution in [2.75, 3.05) is 39.0 Å². The average Bonchev–Trinajstić information content (AvgIpc) is 2.67.